The van der Waals surface area contributed by atoms with Crippen molar-refractivity contribution in [2.24, 2.45) is 5.92 Å². The topological polar surface area (TPSA) is 43.9 Å². The van der Waals surface area contributed by atoms with Gasteiger partial charge in [0.15, 0.2) is 0 Å². The van der Waals surface area contributed by atoms with Crippen molar-refractivity contribution in [3.05, 3.63) is 35.9 Å². The Morgan fingerprint density at radius 3 is 2.48 bits per heavy atom. The lowest BCUT2D eigenvalue weighted by Crippen LogP contribution is -2.48. The predicted octanol–water partition coefficient (Wildman–Crippen LogP) is 2.56. The first-order valence-corrected chi connectivity index (χ1v) is 10.9. The van der Waals surface area contributed by atoms with Crippen LogP contribution in [0.1, 0.15) is 37.7 Å². The lowest BCUT2D eigenvalue weighted by molar-refractivity contribution is 0.155. The first-order chi connectivity index (χ1) is 12.1. The van der Waals surface area contributed by atoms with E-state index in [1.807, 2.05) is 30.3 Å². The molecule has 140 valence electrons. The van der Waals surface area contributed by atoms with E-state index in [4.69, 9.17) is 0 Å². The summed E-state index contributed by atoms with van der Waals surface area (Å²) in [6.07, 6.45) is 6.02. The molecule has 1 atom stereocenters. The molecule has 2 heterocycles. The predicted molar refractivity (Wildman–Crippen MR) is 101 cm³/mol. The summed E-state index contributed by atoms with van der Waals surface area (Å²) < 4.78 is 29.1. The van der Waals surface area contributed by atoms with Crippen molar-refractivity contribution in [3.8, 4) is 0 Å². The molecule has 0 saturated carbocycles. The zero-order chi connectivity index (χ0) is 17.7. The second kappa shape index (κ2) is 8.62. The SMILES string of the molecule is CN(Cc1ccccc1)S(=O)(=O)N1CCCC(CN2CCCCC2)C1. The number of hydrogen-bond donors (Lipinski definition) is 0. The third kappa shape index (κ3) is 5.03. The molecule has 0 radical (unpaired) electrons. The zero-order valence-corrected chi connectivity index (χ0v) is 16.1. The summed E-state index contributed by atoms with van der Waals surface area (Å²) in [6, 6.07) is 9.80. The molecule has 3 rings (SSSR count). The van der Waals surface area contributed by atoms with Crippen molar-refractivity contribution >= 4 is 10.2 Å². The monoisotopic (exact) mass is 365 g/mol. The maximum absolute atomic E-state index is 13.0. The van der Waals surface area contributed by atoms with Gasteiger partial charge in [0.2, 0.25) is 0 Å². The maximum Gasteiger partial charge on any atom is 0.282 e. The van der Waals surface area contributed by atoms with Gasteiger partial charge in [0.1, 0.15) is 0 Å². The molecule has 6 heteroatoms. The van der Waals surface area contributed by atoms with Crippen molar-refractivity contribution in [1.29, 1.82) is 0 Å². The number of hydrogen-bond acceptors (Lipinski definition) is 3. The fourth-order valence-electron chi connectivity index (χ4n) is 4.01. The fourth-order valence-corrected chi connectivity index (χ4v) is 5.48. The van der Waals surface area contributed by atoms with Gasteiger partial charge in [-0.05, 0) is 50.3 Å². The summed E-state index contributed by atoms with van der Waals surface area (Å²) >= 11 is 0. The van der Waals surface area contributed by atoms with Crippen LogP contribution in [-0.2, 0) is 16.8 Å². The quantitative estimate of drug-likeness (QED) is 0.778. The smallest absolute Gasteiger partial charge is 0.282 e. The Balaban J connectivity index is 1.58. The Morgan fingerprint density at radius 1 is 1.04 bits per heavy atom. The van der Waals surface area contributed by atoms with Gasteiger partial charge in [0.25, 0.3) is 10.2 Å². The second-order valence-electron chi connectivity index (χ2n) is 7.48. The molecule has 1 aromatic rings. The van der Waals surface area contributed by atoms with Crippen molar-refractivity contribution in [2.75, 3.05) is 39.8 Å². The van der Waals surface area contributed by atoms with E-state index in [-0.39, 0.29) is 0 Å². The molecule has 0 N–H and O–H groups in total. The van der Waals surface area contributed by atoms with Crippen LogP contribution in [0.5, 0.6) is 0 Å². The van der Waals surface area contributed by atoms with Gasteiger partial charge in [-0.1, -0.05) is 36.8 Å². The molecule has 0 spiro atoms. The first kappa shape index (κ1) is 18.8. The van der Waals surface area contributed by atoms with Gasteiger partial charge in [0.05, 0.1) is 0 Å². The van der Waals surface area contributed by atoms with Gasteiger partial charge in [-0.3, -0.25) is 0 Å². The van der Waals surface area contributed by atoms with E-state index in [1.54, 1.807) is 11.4 Å². The molecule has 0 amide bonds. The third-order valence-corrected chi connectivity index (χ3v) is 7.32. The number of nitrogens with zero attached hydrogens (tertiary/aromatic N) is 3. The molecule has 0 bridgehead atoms. The van der Waals surface area contributed by atoms with E-state index in [2.05, 4.69) is 4.90 Å². The molecule has 0 aliphatic carbocycles. The zero-order valence-electron chi connectivity index (χ0n) is 15.3. The summed E-state index contributed by atoms with van der Waals surface area (Å²) in [5.41, 5.74) is 1.02. The molecule has 2 saturated heterocycles. The van der Waals surface area contributed by atoms with Crippen LogP contribution in [0.25, 0.3) is 0 Å². The largest absolute Gasteiger partial charge is 0.303 e. The number of benzene rings is 1. The van der Waals surface area contributed by atoms with Gasteiger partial charge in [-0.2, -0.15) is 17.0 Å². The Hall–Kier alpha value is -0.950. The van der Waals surface area contributed by atoms with Crippen LogP contribution in [0.2, 0.25) is 0 Å². The van der Waals surface area contributed by atoms with Crippen LogP contribution < -0.4 is 0 Å². The Morgan fingerprint density at radius 2 is 1.76 bits per heavy atom. The van der Waals surface area contributed by atoms with Crippen molar-refractivity contribution in [3.63, 3.8) is 0 Å². The Bertz CT molecular complexity index is 629. The summed E-state index contributed by atoms with van der Waals surface area (Å²) in [5, 5.41) is 0. The lowest BCUT2D eigenvalue weighted by Gasteiger charge is -2.37. The molecular formula is C19H31N3O2S. The van der Waals surface area contributed by atoms with E-state index in [9.17, 15) is 8.42 Å². The standard InChI is InChI=1S/C19H31N3O2S/c1-20(15-18-9-4-2-5-10-18)25(23,24)22-14-8-11-19(17-22)16-21-12-6-3-7-13-21/h2,4-5,9-10,19H,3,6-8,11-17H2,1H3. The average Bonchev–Trinajstić information content (AvgIpc) is 2.63. The Labute approximate surface area is 152 Å². The van der Waals surface area contributed by atoms with Crippen molar-refractivity contribution in [1.82, 2.24) is 13.5 Å². The van der Waals surface area contributed by atoms with E-state index in [0.29, 0.717) is 25.6 Å². The van der Waals surface area contributed by atoms with Crippen LogP contribution in [0.15, 0.2) is 30.3 Å². The number of piperidine rings is 2. The number of likely N-dealkylation sites (tertiary alicyclic amines) is 1. The summed E-state index contributed by atoms with van der Waals surface area (Å²) in [4.78, 5) is 2.53. The van der Waals surface area contributed by atoms with Gasteiger partial charge in [-0.15, -0.1) is 0 Å². The van der Waals surface area contributed by atoms with Crippen molar-refractivity contribution < 1.29 is 8.42 Å². The normalized spacial score (nSPS) is 23.8. The minimum absolute atomic E-state index is 0.427. The minimum atomic E-state index is -3.39. The van der Waals surface area contributed by atoms with Crippen LogP contribution in [-0.4, -0.2) is 61.7 Å². The molecule has 0 aromatic heterocycles. The first-order valence-electron chi connectivity index (χ1n) is 9.53. The van der Waals surface area contributed by atoms with E-state index in [1.165, 1.54) is 36.7 Å². The minimum Gasteiger partial charge on any atom is -0.303 e. The Kier molecular flexibility index (Phi) is 6.49. The molecular weight excluding hydrogens is 334 g/mol. The molecule has 2 aliphatic rings. The van der Waals surface area contributed by atoms with Crippen molar-refractivity contribution in [2.45, 2.75) is 38.6 Å². The maximum atomic E-state index is 13.0. The molecule has 1 unspecified atom stereocenters. The molecule has 2 fully saturated rings. The third-order valence-electron chi connectivity index (χ3n) is 5.42. The van der Waals surface area contributed by atoms with E-state index < -0.39 is 10.2 Å². The lowest BCUT2D eigenvalue weighted by atomic mass is 9.98. The summed E-state index contributed by atoms with van der Waals surface area (Å²) in [6.45, 7) is 5.15. The highest BCUT2D eigenvalue weighted by atomic mass is 32.2. The highest BCUT2D eigenvalue weighted by Gasteiger charge is 2.32. The molecule has 2 aliphatic heterocycles. The van der Waals surface area contributed by atoms with Gasteiger partial charge in [0, 0.05) is 33.2 Å². The van der Waals surface area contributed by atoms with Crippen LogP contribution in [0.3, 0.4) is 0 Å². The summed E-state index contributed by atoms with van der Waals surface area (Å²) in [5.74, 6) is 0.465. The van der Waals surface area contributed by atoms with E-state index >= 15 is 0 Å². The molecule has 1 aromatic carbocycles. The second-order valence-corrected chi connectivity index (χ2v) is 9.51. The van der Waals surface area contributed by atoms with Crippen LogP contribution in [0.4, 0.5) is 0 Å². The van der Waals surface area contributed by atoms with E-state index in [0.717, 1.165) is 24.9 Å². The molecule has 25 heavy (non-hydrogen) atoms. The highest BCUT2D eigenvalue weighted by molar-refractivity contribution is 7.86. The fraction of sp³-hybridized carbons (Fsp3) is 0.684. The van der Waals surface area contributed by atoms with Gasteiger partial charge in [-0.25, -0.2) is 0 Å². The van der Waals surface area contributed by atoms with Crippen LogP contribution in [0, 0.1) is 5.92 Å². The highest BCUT2D eigenvalue weighted by Crippen LogP contribution is 2.23. The summed E-state index contributed by atoms with van der Waals surface area (Å²) in [7, 11) is -1.69. The van der Waals surface area contributed by atoms with Crippen LogP contribution >= 0.6 is 0 Å². The number of rotatable bonds is 6. The average molecular weight is 366 g/mol. The molecule has 5 nitrogen and oxygen atoms in total. The van der Waals surface area contributed by atoms with Gasteiger partial charge >= 0.3 is 0 Å². The van der Waals surface area contributed by atoms with Gasteiger partial charge < -0.3 is 4.90 Å².